The first kappa shape index (κ1) is 20.7. The van der Waals surface area contributed by atoms with Gasteiger partial charge in [-0.1, -0.05) is 5.16 Å². The summed E-state index contributed by atoms with van der Waals surface area (Å²) in [6, 6.07) is 12.8. The molecule has 8 nitrogen and oxygen atoms in total. The lowest BCUT2D eigenvalue weighted by Crippen LogP contribution is -2.31. The number of pyridine rings is 2. The third-order valence-electron chi connectivity index (χ3n) is 6.05. The minimum absolute atomic E-state index is 0.541. The van der Waals surface area contributed by atoms with E-state index in [-0.39, 0.29) is 0 Å². The van der Waals surface area contributed by atoms with Gasteiger partial charge in [0.15, 0.2) is 10.8 Å². The summed E-state index contributed by atoms with van der Waals surface area (Å²) in [5, 5.41) is 22.9. The zero-order chi connectivity index (χ0) is 22.2. The van der Waals surface area contributed by atoms with Crippen molar-refractivity contribution in [3.05, 3.63) is 54.4 Å². The fourth-order valence-corrected chi connectivity index (χ4v) is 4.91. The molecule has 1 saturated heterocycles. The standard InChI is InChI=1S/C23H25N7OS/c1-15(27-31)16-4-7-22-25-26-23(30(22)13-16)32-20-5-6-21-17(11-20)10-19(12-24-21)29-9-8-18(14-29)28(2)3/h4-7,10-13,18,31H,8-9,14H2,1-3H3/b27-15+. The van der Waals surface area contributed by atoms with Crippen LogP contribution in [0.25, 0.3) is 16.6 Å². The van der Waals surface area contributed by atoms with Gasteiger partial charge in [0.05, 0.1) is 23.1 Å². The lowest BCUT2D eigenvalue weighted by molar-refractivity contribution is 0.315. The molecular formula is C23H25N7OS. The zero-order valence-electron chi connectivity index (χ0n) is 18.3. The third-order valence-corrected chi connectivity index (χ3v) is 7.00. The van der Waals surface area contributed by atoms with Crippen LogP contribution in [-0.2, 0) is 0 Å². The van der Waals surface area contributed by atoms with Gasteiger partial charge in [-0.3, -0.25) is 9.38 Å². The molecular weight excluding hydrogens is 422 g/mol. The second-order valence-corrected chi connectivity index (χ2v) is 9.36. The molecule has 164 valence electrons. The van der Waals surface area contributed by atoms with Gasteiger partial charge < -0.3 is 15.0 Å². The van der Waals surface area contributed by atoms with Gasteiger partial charge in [0.2, 0.25) is 0 Å². The van der Waals surface area contributed by atoms with Crippen molar-refractivity contribution in [2.75, 3.05) is 32.1 Å². The zero-order valence-corrected chi connectivity index (χ0v) is 19.1. The molecule has 1 aliphatic heterocycles. The van der Waals surface area contributed by atoms with Crippen molar-refractivity contribution in [1.82, 2.24) is 24.5 Å². The van der Waals surface area contributed by atoms with Gasteiger partial charge in [0.25, 0.3) is 0 Å². The molecule has 0 aliphatic carbocycles. The molecule has 0 spiro atoms. The van der Waals surface area contributed by atoms with Crippen molar-refractivity contribution < 1.29 is 5.21 Å². The highest BCUT2D eigenvalue weighted by atomic mass is 32.2. The highest BCUT2D eigenvalue weighted by Gasteiger charge is 2.24. The van der Waals surface area contributed by atoms with E-state index in [0.29, 0.717) is 11.8 Å². The maximum absolute atomic E-state index is 9.09. The van der Waals surface area contributed by atoms with E-state index in [1.807, 2.05) is 35.0 Å². The van der Waals surface area contributed by atoms with Crippen LogP contribution in [0.1, 0.15) is 18.9 Å². The fourth-order valence-electron chi connectivity index (χ4n) is 4.05. The molecule has 0 radical (unpaired) electrons. The summed E-state index contributed by atoms with van der Waals surface area (Å²) in [4.78, 5) is 10.5. The Hall–Kier alpha value is -3.17. The highest BCUT2D eigenvalue weighted by molar-refractivity contribution is 7.99. The Morgan fingerprint density at radius 1 is 1.19 bits per heavy atom. The third kappa shape index (κ3) is 3.89. The monoisotopic (exact) mass is 447 g/mol. The number of oxime groups is 1. The summed E-state index contributed by atoms with van der Waals surface area (Å²) in [6.07, 6.45) is 5.04. The topological polar surface area (TPSA) is 82.1 Å². The van der Waals surface area contributed by atoms with Crippen molar-refractivity contribution in [3.63, 3.8) is 0 Å². The minimum atomic E-state index is 0.541. The Labute approximate surface area is 190 Å². The maximum Gasteiger partial charge on any atom is 0.200 e. The van der Waals surface area contributed by atoms with Crippen LogP contribution in [-0.4, -0.2) is 68.6 Å². The summed E-state index contributed by atoms with van der Waals surface area (Å²) in [5.74, 6) is 0. The van der Waals surface area contributed by atoms with Gasteiger partial charge in [-0.25, -0.2) is 0 Å². The van der Waals surface area contributed by atoms with E-state index in [2.05, 4.69) is 62.4 Å². The van der Waals surface area contributed by atoms with E-state index in [1.54, 1.807) is 18.7 Å². The molecule has 5 rings (SSSR count). The average Bonchev–Trinajstić information content (AvgIpc) is 3.46. The van der Waals surface area contributed by atoms with E-state index in [4.69, 9.17) is 5.21 Å². The molecule has 9 heteroatoms. The molecule has 0 amide bonds. The molecule has 4 heterocycles. The Kier molecular flexibility index (Phi) is 5.44. The lowest BCUT2D eigenvalue weighted by atomic mass is 10.2. The number of anilines is 1. The molecule has 0 bridgehead atoms. The molecule has 4 aromatic rings. The van der Waals surface area contributed by atoms with E-state index < -0.39 is 0 Å². The summed E-state index contributed by atoms with van der Waals surface area (Å²) in [7, 11) is 4.29. The predicted octanol–water partition coefficient (Wildman–Crippen LogP) is 3.77. The molecule has 1 N–H and O–H groups in total. The molecule has 1 aromatic carbocycles. The first-order chi connectivity index (χ1) is 15.5. The number of benzene rings is 1. The summed E-state index contributed by atoms with van der Waals surface area (Å²) in [5.41, 5.74) is 4.25. The van der Waals surface area contributed by atoms with Crippen molar-refractivity contribution in [1.29, 1.82) is 0 Å². The van der Waals surface area contributed by atoms with Gasteiger partial charge in [0, 0.05) is 41.2 Å². The second kappa shape index (κ2) is 8.40. The molecule has 1 fully saturated rings. The van der Waals surface area contributed by atoms with Crippen LogP contribution in [0.15, 0.2) is 64.0 Å². The Balaban J connectivity index is 1.44. The van der Waals surface area contributed by atoms with Gasteiger partial charge in [0.1, 0.15) is 0 Å². The van der Waals surface area contributed by atoms with E-state index in [0.717, 1.165) is 45.3 Å². The summed E-state index contributed by atoms with van der Waals surface area (Å²) >= 11 is 1.55. The minimum Gasteiger partial charge on any atom is -0.411 e. The molecule has 1 atom stereocenters. The highest BCUT2D eigenvalue weighted by Crippen LogP contribution is 2.31. The van der Waals surface area contributed by atoms with E-state index in [1.165, 1.54) is 12.1 Å². The second-order valence-electron chi connectivity index (χ2n) is 8.32. The van der Waals surface area contributed by atoms with Crippen LogP contribution in [0.4, 0.5) is 5.69 Å². The Bertz CT molecular complexity index is 1320. The van der Waals surface area contributed by atoms with Crippen LogP contribution < -0.4 is 4.90 Å². The first-order valence-electron chi connectivity index (χ1n) is 10.5. The van der Waals surface area contributed by atoms with Gasteiger partial charge in [-0.15, -0.1) is 10.2 Å². The number of rotatable bonds is 5. The number of hydrogen-bond acceptors (Lipinski definition) is 8. The normalized spacial score (nSPS) is 17.2. The first-order valence-corrected chi connectivity index (χ1v) is 11.4. The van der Waals surface area contributed by atoms with Crippen LogP contribution >= 0.6 is 11.8 Å². The number of hydrogen-bond donors (Lipinski definition) is 1. The quantitative estimate of drug-likeness (QED) is 0.283. The van der Waals surface area contributed by atoms with Crippen molar-refractivity contribution in [2.24, 2.45) is 5.16 Å². The lowest BCUT2D eigenvalue weighted by Gasteiger charge is -2.21. The molecule has 32 heavy (non-hydrogen) atoms. The number of likely N-dealkylation sites (N-methyl/N-ethyl adjacent to an activating group) is 1. The largest absolute Gasteiger partial charge is 0.411 e. The number of fused-ring (bicyclic) bond motifs is 2. The van der Waals surface area contributed by atoms with Crippen LogP contribution in [0.3, 0.4) is 0 Å². The van der Waals surface area contributed by atoms with Crippen molar-refractivity contribution >= 4 is 39.7 Å². The fraction of sp³-hybridized carbons (Fsp3) is 0.304. The summed E-state index contributed by atoms with van der Waals surface area (Å²) < 4.78 is 1.92. The SMILES string of the molecule is C/C(=N\O)c1ccc2nnc(Sc3ccc4ncc(N5CCC(N(C)C)C5)cc4c3)n2c1. The van der Waals surface area contributed by atoms with Crippen molar-refractivity contribution in [3.8, 4) is 0 Å². The summed E-state index contributed by atoms with van der Waals surface area (Å²) in [6.45, 7) is 3.84. The van der Waals surface area contributed by atoms with Gasteiger partial charge in [-0.05, 0) is 75.6 Å². The molecule has 0 saturated carbocycles. The van der Waals surface area contributed by atoms with Gasteiger partial charge in [-0.2, -0.15) is 0 Å². The molecule has 1 aliphatic rings. The van der Waals surface area contributed by atoms with E-state index >= 15 is 0 Å². The maximum atomic E-state index is 9.09. The average molecular weight is 448 g/mol. The van der Waals surface area contributed by atoms with Crippen LogP contribution in [0.2, 0.25) is 0 Å². The number of aromatic nitrogens is 4. The smallest absolute Gasteiger partial charge is 0.200 e. The number of nitrogens with zero attached hydrogens (tertiary/aromatic N) is 7. The molecule has 3 aromatic heterocycles. The van der Waals surface area contributed by atoms with Crippen molar-refractivity contribution in [2.45, 2.75) is 29.4 Å². The Morgan fingerprint density at radius 2 is 2.06 bits per heavy atom. The Morgan fingerprint density at radius 3 is 2.84 bits per heavy atom. The molecule has 1 unspecified atom stereocenters. The van der Waals surface area contributed by atoms with Crippen LogP contribution in [0.5, 0.6) is 0 Å². The van der Waals surface area contributed by atoms with Crippen LogP contribution in [0, 0.1) is 0 Å². The van der Waals surface area contributed by atoms with Gasteiger partial charge >= 0.3 is 0 Å². The van der Waals surface area contributed by atoms with E-state index in [9.17, 15) is 0 Å². The predicted molar refractivity (Wildman–Crippen MR) is 127 cm³/mol.